The smallest absolute Gasteiger partial charge is 0.200 e. The molecule has 0 atom stereocenters. The third kappa shape index (κ3) is 2.73. The number of nitrogens with two attached hydrogens (primary N) is 1. The molecule has 1 aromatic rings. The fraction of sp³-hybridized carbons (Fsp3) is 0.400. The third-order valence-corrected chi connectivity index (χ3v) is 2.24. The SMILES string of the molecule is CN(CCN)Cc1c(F)c(F)c(F)c(F)c1F. The molecule has 0 bridgehead atoms. The summed E-state index contributed by atoms with van der Waals surface area (Å²) in [5.74, 6) is -9.61. The van der Waals surface area contributed by atoms with E-state index in [-0.39, 0.29) is 13.1 Å². The van der Waals surface area contributed by atoms with Gasteiger partial charge in [-0.05, 0) is 7.05 Å². The molecular formula is C10H11F5N2. The first-order valence-corrected chi connectivity index (χ1v) is 4.79. The highest BCUT2D eigenvalue weighted by atomic mass is 19.2. The van der Waals surface area contributed by atoms with E-state index < -0.39 is 41.2 Å². The second kappa shape index (κ2) is 5.42. The summed E-state index contributed by atoms with van der Waals surface area (Å²) in [6, 6.07) is 0. The average molecular weight is 254 g/mol. The van der Waals surface area contributed by atoms with E-state index in [2.05, 4.69) is 0 Å². The lowest BCUT2D eigenvalue weighted by Crippen LogP contribution is -2.26. The molecule has 17 heavy (non-hydrogen) atoms. The summed E-state index contributed by atoms with van der Waals surface area (Å²) in [7, 11) is 1.46. The van der Waals surface area contributed by atoms with Crippen molar-refractivity contribution in [3.63, 3.8) is 0 Å². The normalized spacial score (nSPS) is 11.3. The van der Waals surface area contributed by atoms with Crippen LogP contribution in [0.2, 0.25) is 0 Å². The summed E-state index contributed by atoms with van der Waals surface area (Å²) < 4.78 is 64.8. The van der Waals surface area contributed by atoms with E-state index >= 15 is 0 Å². The molecule has 0 aliphatic carbocycles. The highest BCUT2D eigenvalue weighted by Gasteiger charge is 2.25. The van der Waals surface area contributed by atoms with Gasteiger partial charge in [-0.25, -0.2) is 22.0 Å². The summed E-state index contributed by atoms with van der Waals surface area (Å²) in [6.45, 7) is 0.0916. The van der Waals surface area contributed by atoms with Gasteiger partial charge < -0.3 is 10.6 Å². The van der Waals surface area contributed by atoms with E-state index in [1.165, 1.54) is 11.9 Å². The molecule has 0 saturated heterocycles. The minimum absolute atomic E-state index is 0.214. The molecule has 0 unspecified atom stereocenters. The second-order valence-electron chi connectivity index (χ2n) is 3.57. The third-order valence-electron chi connectivity index (χ3n) is 2.24. The van der Waals surface area contributed by atoms with E-state index in [4.69, 9.17) is 5.73 Å². The molecule has 0 radical (unpaired) electrons. The van der Waals surface area contributed by atoms with Crippen LogP contribution in [0.15, 0.2) is 0 Å². The van der Waals surface area contributed by atoms with Crippen LogP contribution in [0.5, 0.6) is 0 Å². The minimum atomic E-state index is -2.15. The molecular weight excluding hydrogens is 243 g/mol. The molecule has 0 aliphatic rings. The molecule has 1 aromatic carbocycles. The zero-order valence-corrected chi connectivity index (χ0v) is 9.04. The van der Waals surface area contributed by atoms with Gasteiger partial charge in [0, 0.05) is 25.2 Å². The fourth-order valence-electron chi connectivity index (χ4n) is 1.36. The zero-order valence-electron chi connectivity index (χ0n) is 9.04. The molecule has 96 valence electrons. The van der Waals surface area contributed by atoms with E-state index in [9.17, 15) is 22.0 Å². The average Bonchev–Trinajstić information content (AvgIpc) is 2.30. The Kier molecular flexibility index (Phi) is 4.41. The molecule has 2 nitrogen and oxygen atoms in total. The number of rotatable bonds is 4. The van der Waals surface area contributed by atoms with Crippen molar-refractivity contribution in [2.75, 3.05) is 20.1 Å². The Morgan fingerprint density at radius 1 is 0.882 bits per heavy atom. The Hall–Kier alpha value is -1.21. The molecule has 0 fully saturated rings. The van der Waals surface area contributed by atoms with Gasteiger partial charge in [0.2, 0.25) is 5.82 Å². The van der Waals surface area contributed by atoms with Gasteiger partial charge in [-0.3, -0.25) is 0 Å². The van der Waals surface area contributed by atoms with Crippen LogP contribution in [0.3, 0.4) is 0 Å². The van der Waals surface area contributed by atoms with Gasteiger partial charge in [0.05, 0.1) is 0 Å². The molecule has 2 N–H and O–H groups in total. The number of halogens is 5. The summed E-state index contributed by atoms with van der Waals surface area (Å²) in [5.41, 5.74) is 4.36. The zero-order chi connectivity index (χ0) is 13.2. The van der Waals surface area contributed by atoms with E-state index in [1.807, 2.05) is 0 Å². The Labute approximate surface area is 94.8 Å². The number of hydrogen-bond donors (Lipinski definition) is 1. The van der Waals surface area contributed by atoms with Crippen molar-refractivity contribution in [1.82, 2.24) is 4.90 Å². The highest BCUT2D eigenvalue weighted by molar-refractivity contribution is 5.23. The Morgan fingerprint density at radius 3 is 1.71 bits per heavy atom. The van der Waals surface area contributed by atoms with Gasteiger partial charge in [-0.2, -0.15) is 0 Å². The van der Waals surface area contributed by atoms with Crippen molar-refractivity contribution in [3.8, 4) is 0 Å². The summed E-state index contributed by atoms with van der Waals surface area (Å²) in [4.78, 5) is 1.36. The lowest BCUT2D eigenvalue weighted by Gasteiger charge is -2.16. The Bertz CT molecular complexity index is 393. The first-order chi connectivity index (χ1) is 7.90. The van der Waals surface area contributed by atoms with Crippen molar-refractivity contribution in [2.45, 2.75) is 6.54 Å². The van der Waals surface area contributed by atoms with Crippen molar-refractivity contribution >= 4 is 0 Å². The number of hydrogen-bond acceptors (Lipinski definition) is 2. The van der Waals surface area contributed by atoms with Crippen molar-refractivity contribution in [1.29, 1.82) is 0 Å². The first-order valence-electron chi connectivity index (χ1n) is 4.79. The van der Waals surface area contributed by atoms with Crippen LogP contribution in [0, 0.1) is 29.1 Å². The fourth-order valence-corrected chi connectivity index (χ4v) is 1.36. The number of likely N-dealkylation sites (N-methyl/N-ethyl adjacent to an activating group) is 1. The maximum absolute atomic E-state index is 13.2. The van der Waals surface area contributed by atoms with Crippen molar-refractivity contribution in [3.05, 3.63) is 34.6 Å². The van der Waals surface area contributed by atoms with Crippen LogP contribution >= 0.6 is 0 Å². The summed E-state index contributed by atoms with van der Waals surface area (Å²) >= 11 is 0. The Morgan fingerprint density at radius 2 is 1.29 bits per heavy atom. The maximum Gasteiger partial charge on any atom is 0.200 e. The first kappa shape index (κ1) is 13.9. The Balaban J connectivity index is 3.16. The molecule has 0 saturated carbocycles. The topological polar surface area (TPSA) is 29.3 Å². The van der Waals surface area contributed by atoms with E-state index in [1.54, 1.807) is 0 Å². The van der Waals surface area contributed by atoms with Crippen molar-refractivity contribution in [2.24, 2.45) is 5.73 Å². The van der Waals surface area contributed by atoms with Gasteiger partial charge in [-0.15, -0.1) is 0 Å². The molecule has 7 heteroatoms. The van der Waals surface area contributed by atoms with Gasteiger partial charge in [-0.1, -0.05) is 0 Å². The highest BCUT2D eigenvalue weighted by Crippen LogP contribution is 2.23. The van der Waals surface area contributed by atoms with Crippen LogP contribution < -0.4 is 5.73 Å². The second-order valence-corrected chi connectivity index (χ2v) is 3.57. The monoisotopic (exact) mass is 254 g/mol. The van der Waals surface area contributed by atoms with Crippen LogP contribution in [0.1, 0.15) is 5.56 Å². The predicted molar refractivity (Wildman–Crippen MR) is 51.6 cm³/mol. The molecule has 1 rings (SSSR count). The van der Waals surface area contributed by atoms with Gasteiger partial charge in [0.15, 0.2) is 23.3 Å². The molecule has 0 spiro atoms. The molecule has 0 aliphatic heterocycles. The van der Waals surface area contributed by atoms with Crippen LogP contribution in [0.25, 0.3) is 0 Å². The van der Waals surface area contributed by atoms with Crippen LogP contribution in [0.4, 0.5) is 22.0 Å². The largest absolute Gasteiger partial charge is 0.329 e. The number of nitrogens with zero attached hydrogens (tertiary/aromatic N) is 1. The maximum atomic E-state index is 13.2. The lowest BCUT2D eigenvalue weighted by atomic mass is 10.1. The molecule has 0 heterocycles. The van der Waals surface area contributed by atoms with Gasteiger partial charge in [0.1, 0.15) is 0 Å². The predicted octanol–water partition coefficient (Wildman–Crippen LogP) is 1.77. The van der Waals surface area contributed by atoms with E-state index in [0.29, 0.717) is 0 Å². The summed E-state index contributed by atoms with van der Waals surface area (Å²) in [6.07, 6.45) is 0. The lowest BCUT2D eigenvalue weighted by molar-refractivity contribution is 0.306. The standard InChI is InChI=1S/C10H11F5N2/c1-17(3-2-16)4-5-6(11)8(13)10(15)9(14)7(5)12/h2-4,16H2,1H3. The van der Waals surface area contributed by atoms with Crippen molar-refractivity contribution < 1.29 is 22.0 Å². The minimum Gasteiger partial charge on any atom is -0.329 e. The summed E-state index contributed by atoms with van der Waals surface area (Å²) in [5, 5.41) is 0. The quantitative estimate of drug-likeness (QED) is 0.504. The van der Waals surface area contributed by atoms with Gasteiger partial charge in [0.25, 0.3) is 0 Å². The van der Waals surface area contributed by atoms with Crippen LogP contribution in [-0.4, -0.2) is 25.0 Å². The number of benzene rings is 1. The van der Waals surface area contributed by atoms with E-state index in [0.717, 1.165) is 0 Å². The molecule has 0 aromatic heterocycles. The van der Waals surface area contributed by atoms with Crippen LogP contribution in [-0.2, 0) is 6.54 Å². The molecule has 0 amide bonds. The van der Waals surface area contributed by atoms with Gasteiger partial charge >= 0.3 is 0 Å².